The highest BCUT2D eigenvalue weighted by molar-refractivity contribution is 6.31. The Morgan fingerprint density at radius 2 is 2.00 bits per heavy atom. The number of benzene rings is 2. The van der Waals surface area contributed by atoms with Crippen LogP contribution < -0.4 is 9.47 Å². The van der Waals surface area contributed by atoms with E-state index in [0.29, 0.717) is 34.6 Å². The third-order valence-corrected chi connectivity index (χ3v) is 5.91. The molecule has 0 bridgehead atoms. The lowest BCUT2D eigenvalue weighted by molar-refractivity contribution is 0.101. The number of halogens is 1. The Hall–Kier alpha value is -2.57. The van der Waals surface area contributed by atoms with Crippen molar-refractivity contribution in [3.63, 3.8) is 0 Å². The molecule has 1 fully saturated rings. The van der Waals surface area contributed by atoms with Crippen molar-refractivity contribution in [2.75, 3.05) is 33.4 Å². The normalized spacial score (nSPS) is 15.4. The van der Waals surface area contributed by atoms with Crippen molar-refractivity contribution in [1.29, 1.82) is 0 Å². The standard InChI is InChI=1S/C23H25ClN2O4/c1-15(27)17-3-6-20(22(13-17)28-2)29-12-11-26-9-7-16(8-10-26)23-19-5-4-18(24)14-21(19)30-25-23/h3-6,13-14,16H,7-12H2,1-2H3. The molecule has 0 spiro atoms. The molecule has 1 aliphatic rings. The van der Waals surface area contributed by atoms with Crippen molar-refractivity contribution in [1.82, 2.24) is 10.1 Å². The van der Waals surface area contributed by atoms with E-state index in [1.165, 1.54) is 6.92 Å². The van der Waals surface area contributed by atoms with Gasteiger partial charge in [-0.25, -0.2) is 0 Å². The van der Waals surface area contributed by atoms with E-state index in [0.717, 1.165) is 49.1 Å². The molecule has 4 rings (SSSR count). The van der Waals surface area contributed by atoms with Gasteiger partial charge in [0, 0.05) is 34.5 Å². The topological polar surface area (TPSA) is 64.8 Å². The molecule has 0 amide bonds. The summed E-state index contributed by atoms with van der Waals surface area (Å²) < 4.78 is 16.7. The number of ketones is 1. The van der Waals surface area contributed by atoms with E-state index in [1.807, 2.05) is 18.2 Å². The largest absolute Gasteiger partial charge is 0.493 e. The molecule has 2 aromatic carbocycles. The van der Waals surface area contributed by atoms with E-state index in [1.54, 1.807) is 25.3 Å². The van der Waals surface area contributed by atoms with Gasteiger partial charge in [-0.2, -0.15) is 0 Å². The third-order valence-electron chi connectivity index (χ3n) is 5.67. The van der Waals surface area contributed by atoms with Crippen molar-refractivity contribution in [2.45, 2.75) is 25.7 Å². The SMILES string of the molecule is COc1cc(C(C)=O)ccc1OCCN1CCC(c2noc3cc(Cl)ccc23)CC1. The lowest BCUT2D eigenvalue weighted by Crippen LogP contribution is -2.36. The fourth-order valence-corrected chi connectivity index (χ4v) is 4.11. The Kier molecular flexibility index (Phi) is 6.25. The highest BCUT2D eigenvalue weighted by atomic mass is 35.5. The summed E-state index contributed by atoms with van der Waals surface area (Å²) >= 11 is 6.04. The number of ether oxygens (including phenoxy) is 2. The molecule has 6 nitrogen and oxygen atoms in total. The van der Waals surface area contributed by atoms with Gasteiger partial charge >= 0.3 is 0 Å². The molecule has 0 N–H and O–H groups in total. The van der Waals surface area contributed by atoms with E-state index in [-0.39, 0.29) is 5.78 Å². The highest BCUT2D eigenvalue weighted by Crippen LogP contribution is 2.33. The average Bonchev–Trinajstić information content (AvgIpc) is 3.17. The maximum absolute atomic E-state index is 11.5. The second-order valence-corrected chi connectivity index (χ2v) is 8.03. The summed E-state index contributed by atoms with van der Waals surface area (Å²) in [6, 6.07) is 11.0. The van der Waals surface area contributed by atoms with Crippen molar-refractivity contribution in [2.24, 2.45) is 0 Å². The summed E-state index contributed by atoms with van der Waals surface area (Å²) in [6.45, 7) is 4.90. The number of Topliss-reactive ketones (excluding diaryl/α,β-unsaturated/α-hetero) is 1. The van der Waals surface area contributed by atoms with E-state index < -0.39 is 0 Å². The molecule has 30 heavy (non-hydrogen) atoms. The van der Waals surface area contributed by atoms with E-state index in [4.69, 9.17) is 25.6 Å². The number of hydrogen-bond donors (Lipinski definition) is 0. The maximum Gasteiger partial charge on any atom is 0.168 e. The zero-order valence-corrected chi connectivity index (χ0v) is 17.9. The lowest BCUT2D eigenvalue weighted by atomic mass is 9.91. The summed E-state index contributed by atoms with van der Waals surface area (Å²) in [5.74, 6) is 1.64. The molecule has 0 unspecified atom stereocenters. The van der Waals surface area contributed by atoms with Gasteiger partial charge in [-0.3, -0.25) is 9.69 Å². The summed E-state index contributed by atoms with van der Waals surface area (Å²) in [5, 5.41) is 6.03. The van der Waals surface area contributed by atoms with Crippen molar-refractivity contribution in [3.8, 4) is 11.5 Å². The number of fused-ring (bicyclic) bond motifs is 1. The minimum Gasteiger partial charge on any atom is -0.493 e. The van der Waals surface area contributed by atoms with Gasteiger partial charge in [-0.05, 0) is 63.2 Å². The number of methoxy groups -OCH3 is 1. The first-order chi connectivity index (χ1) is 14.5. The summed E-state index contributed by atoms with van der Waals surface area (Å²) in [4.78, 5) is 13.9. The Bertz CT molecular complexity index is 1040. The van der Waals surface area contributed by atoms with Crippen molar-refractivity contribution < 1.29 is 18.8 Å². The van der Waals surface area contributed by atoms with Crippen LogP contribution in [0.15, 0.2) is 40.9 Å². The third kappa shape index (κ3) is 4.45. The van der Waals surface area contributed by atoms with Crippen LogP contribution in [0, 0.1) is 0 Å². The van der Waals surface area contributed by atoms with Gasteiger partial charge in [0.15, 0.2) is 22.9 Å². The smallest absolute Gasteiger partial charge is 0.168 e. The second-order valence-electron chi connectivity index (χ2n) is 7.59. The minimum absolute atomic E-state index is 0.00529. The van der Waals surface area contributed by atoms with Crippen LogP contribution >= 0.6 is 11.6 Å². The summed E-state index contributed by atoms with van der Waals surface area (Å²) in [7, 11) is 1.58. The lowest BCUT2D eigenvalue weighted by Gasteiger charge is -2.31. The predicted octanol–water partition coefficient (Wildman–Crippen LogP) is 4.95. The maximum atomic E-state index is 11.5. The Labute approximate surface area is 180 Å². The summed E-state index contributed by atoms with van der Waals surface area (Å²) in [6.07, 6.45) is 2.06. The molecule has 1 aromatic heterocycles. The number of hydrogen-bond acceptors (Lipinski definition) is 6. The summed E-state index contributed by atoms with van der Waals surface area (Å²) in [5.41, 5.74) is 2.40. The first-order valence-corrected chi connectivity index (χ1v) is 10.5. The predicted molar refractivity (Wildman–Crippen MR) is 116 cm³/mol. The number of carbonyl (C=O) groups excluding carboxylic acids is 1. The van der Waals surface area contributed by atoms with Gasteiger partial charge in [0.05, 0.1) is 12.8 Å². The second kappa shape index (κ2) is 9.06. The fourth-order valence-electron chi connectivity index (χ4n) is 3.95. The Balaban J connectivity index is 1.30. The number of aromatic nitrogens is 1. The molecule has 0 radical (unpaired) electrons. The van der Waals surface area contributed by atoms with Crippen molar-refractivity contribution >= 4 is 28.4 Å². The van der Waals surface area contributed by atoms with Gasteiger partial charge in [0.1, 0.15) is 6.61 Å². The Morgan fingerprint density at radius 3 is 2.73 bits per heavy atom. The number of carbonyl (C=O) groups is 1. The van der Waals surface area contributed by atoms with Crippen LogP contribution in [-0.4, -0.2) is 49.2 Å². The zero-order chi connectivity index (χ0) is 21.1. The first-order valence-electron chi connectivity index (χ1n) is 10.1. The number of rotatable bonds is 7. The van der Waals surface area contributed by atoms with E-state index in [9.17, 15) is 4.79 Å². The van der Waals surface area contributed by atoms with E-state index >= 15 is 0 Å². The van der Waals surface area contributed by atoms with Crippen LogP contribution in [0.25, 0.3) is 11.0 Å². The molecular weight excluding hydrogens is 404 g/mol. The minimum atomic E-state index is 0.00529. The molecule has 0 saturated carbocycles. The molecule has 1 saturated heterocycles. The van der Waals surface area contributed by atoms with Crippen LogP contribution in [0.2, 0.25) is 5.02 Å². The molecule has 158 valence electrons. The molecule has 2 heterocycles. The quantitative estimate of drug-likeness (QED) is 0.496. The Morgan fingerprint density at radius 1 is 1.20 bits per heavy atom. The van der Waals surface area contributed by atoms with Gasteiger partial charge in [-0.15, -0.1) is 0 Å². The monoisotopic (exact) mass is 428 g/mol. The molecule has 3 aromatic rings. The van der Waals surface area contributed by atoms with Gasteiger partial charge < -0.3 is 14.0 Å². The van der Waals surface area contributed by atoms with Crippen LogP contribution in [-0.2, 0) is 0 Å². The molecule has 0 aliphatic carbocycles. The van der Waals surface area contributed by atoms with Crippen LogP contribution in [0.1, 0.15) is 41.7 Å². The zero-order valence-electron chi connectivity index (χ0n) is 17.2. The molecule has 7 heteroatoms. The molecule has 1 aliphatic heterocycles. The van der Waals surface area contributed by atoms with Gasteiger partial charge in [-0.1, -0.05) is 16.8 Å². The fraction of sp³-hybridized carbons (Fsp3) is 0.391. The number of likely N-dealkylation sites (tertiary alicyclic amines) is 1. The van der Waals surface area contributed by atoms with Crippen LogP contribution in [0.5, 0.6) is 11.5 Å². The first kappa shape index (κ1) is 20.7. The molecular formula is C23H25ClN2O4. The molecule has 0 atom stereocenters. The van der Waals surface area contributed by atoms with Crippen molar-refractivity contribution in [3.05, 3.63) is 52.7 Å². The average molecular weight is 429 g/mol. The van der Waals surface area contributed by atoms with Gasteiger partial charge in [0.25, 0.3) is 0 Å². The highest BCUT2D eigenvalue weighted by Gasteiger charge is 2.25. The van der Waals surface area contributed by atoms with Crippen LogP contribution in [0.3, 0.4) is 0 Å². The number of piperidine rings is 1. The van der Waals surface area contributed by atoms with Crippen LogP contribution in [0.4, 0.5) is 0 Å². The van der Waals surface area contributed by atoms with E-state index in [2.05, 4.69) is 10.1 Å². The van der Waals surface area contributed by atoms with Gasteiger partial charge in [0.2, 0.25) is 0 Å². The number of nitrogens with zero attached hydrogens (tertiary/aromatic N) is 2.